The number of rotatable bonds is 5. The van der Waals surface area contributed by atoms with Gasteiger partial charge >= 0.3 is 0 Å². The number of hydrogen-bond acceptors (Lipinski definition) is 4. The van der Waals surface area contributed by atoms with E-state index in [-0.39, 0.29) is 5.91 Å². The van der Waals surface area contributed by atoms with E-state index in [0.29, 0.717) is 19.4 Å². The van der Waals surface area contributed by atoms with Crippen LogP contribution in [0.15, 0.2) is 6.33 Å². The first-order chi connectivity index (χ1) is 7.15. The first-order valence-electron chi connectivity index (χ1n) is 5.01. The fourth-order valence-electron chi connectivity index (χ4n) is 1.15. The molecule has 15 heavy (non-hydrogen) atoms. The number of nitrogens with zero attached hydrogens (tertiary/aromatic N) is 3. The second kappa shape index (κ2) is 5.45. The van der Waals surface area contributed by atoms with Gasteiger partial charge in [0, 0.05) is 20.0 Å². The first-order valence-corrected chi connectivity index (χ1v) is 5.01. The average Bonchev–Trinajstić information content (AvgIpc) is 2.63. The highest BCUT2D eigenvalue weighted by atomic mass is 16.2. The number of nitrogens with two attached hydrogens (primary N) is 1. The van der Waals surface area contributed by atoms with Crippen molar-refractivity contribution in [2.75, 3.05) is 6.54 Å². The van der Waals surface area contributed by atoms with Crippen LogP contribution in [0.5, 0.6) is 0 Å². The van der Waals surface area contributed by atoms with Crippen molar-refractivity contribution in [2.45, 2.75) is 25.8 Å². The Labute approximate surface area is 88.9 Å². The minimum Gasteiger partial charge on any atom is -0.354 e. The molecule has 6 heteroatoms. The minimum atomic E-state index is -0.413. The third kappa shape index (κ3) is 3.32. The maximum atomic E-state index is 11.3. The third-order valence-electron chi connectivity index (χ3n) is 2.23. The molecule has 1 aromatic heterocycles. The molecule has 0 radical (unpaired) electrons. The molecule has 0 saturated carbocycles. The van der Waals surface area contributed by atoms with Crippen molar-refractivity contribution in [3.63, 3.8) is 0 Å². The molecule has 0 saturated heterocycles. The lowest BCUT2D eigenvalue weighted by Crippen LogP contribution is -2.40. The number of aromatic nitrogens is 3. The number of nitrogens with one attached hydrogen (secondary N) is 1. The lowest BCUT2D eigenvalue weighted by atomic mass is 10.2. The molecule has 1 amide bonds. The molecular formula is C9H17N5O. The smallest absolute Gasteiger partial charge is 0.236 e. The van der Waals surface area contributed by atoms with Crippen LogP contribution in [0.1, 0.15) is 19.2 Å². The molecule has 0 aliphatic rings. The molecule has 3 N–H and O–H groups in total. The molecule has 84 valence electrons. The monoisotopic (exact) mass is 211 g/mol. The number of carbonyl (C=O) groups excluding carboxylic acids is 1. The van der Waals surface area contributed by atoms with Crippen LogP contribution in [-0.2, 0) is 18.3 Å². The summed E-state index contributed by atoms with van der Waals surface area (Å²) < 4.78 is 1.83. The summed E-state index contributed by atoms with van der Waals surface area (Å²) in [5.41, 5.74) is 5.56. The normalized spacial score (nSPS) is 12.5. The van der Waals surface area contributed by atoms with Crippen LogP contribution >= 0.6 is 0 Å². The summed E-state index contributed by atoms with van der Waals surface area (Å²) in [5.74, 6) is 0.736. The molecule has 1 atom stereocenters. The molecule has 0 unspecified atom stereocenters. The summed E-state index contributed by atoms with van der Waals surface area (Å²) >= 11 is 0. The SMILES string of the molecule is CC[C@@H](N)C(=O)NCCc1nncn1C. The van der Waals surface area contributed by atoms with Crippen LogP contribution in [0.2, 0.25) is 0 Å². The second-order valence-corrected chi connectivity index (χ2v) is 3.41. The van der Waals surface area contributed by atoms with Crippen molar-refractivity contribution in [1.29, 1.82) is 0 Å². The van der Waals surface area contributed by atoms with Gasteiger partial charge in [-0.1, -0.05) is 6.92 Å². The maximum Gasteiger partial charge on any atom is 0.236 e. The van der Waals surface area contributed by atoms with Gasteiger partial charge in [-0.25, -0.2) is 0 Å². The lowest BCUT2D eigenvalue weighted by molar-refractivity contribution is -0.122. The maximum absolute atomic E-state index is 11.3. The quantitative estimate of drug-likeness (QED) is 0.668. The predicted molar refractivity (Wildman–Crippen MR) is 56.0 cm³/mol. The van der Waals surface area contributed by atoms with E-state index in [1.54, 1.807) is 6.33 Å². The second-order valence-electron chi connectivity index (χ2n) is 3.41. The highest BCUT2D eigenvalue weighted by Crippen LogP contribution is 1.92. The van der Waals surface area contributed by atoms with Gasteiger partial charge in [-0.2, -0.15) is 0 Å². The summed E-state index contributed by atoms with van der Waals surface area (Å²) in [5, 5.41) is 10.4. The van der Waals surface area contributed by atoms with E-state index in [1.807, 2.05) is 18.5 Å². The molecule has 0 aromatic carbocycles. The van der Waals surface area contributed by atoms with Crippen molar-refractivity contribution < 1.29 is 4.79 Å². The van der Waals surface area contributed by atoms with Gasteiger partial charge in [0.15, 0.2) is 0 Å². The Bertz CT molecular complexity index is 322. The zero-order chi connectivity index (χ0) is 11.3. The Hall–Kier alpha value is -1.43. The standard InChI is InChI=1S/C9H17N5O/c1-3-7(10)9(15)11-5-4-8-13-12-6-14(8)2/h6-7H,3-5,10H2,1-2H3,(H,11,15)/t7-/m1/s1. The average molecular weight is 211 g/mol. The molecular weight excluding hydrogens is 194 g/mol. The van der Waals surface area contributed by atoms with Crippen LogP contribution in [0.3, 0.4) is 0 Å². The van der Waals surface area contributed by atoms with E-state index in [4.69, 9.17) is 5.73 Å². The van der Waals surface area contributed by atoms with Crippen LogP contribution in [0.4, 0.5) is 0 Å². The number of amides is 1. The van der Waals surface area contributed by atoms with Gasteiger partial charge in [0.2, 0.25) is 5.91 Å². The number of carbonyl (C=O) groups is 1. The molecule has 1 rings (SSSR count). The van der Waals surface area contributed by atoms with Crippen molar-refractivity contribution in [3.05, 3.63) is 12.2 Å². The van der Waals surface area contributed by atoms with Crippen molar-refractivity contribution in [1.82, 2.24) is 20.1 Å². The van der Waals surface area contributed by atoms with E-state index in [2.05, 4.69) is 15.5 Å². The van der Waals surface area contributed by atoms with Gasteiger partial charge in [-0.15, -0.1) is 10.2 Å². The van der Waals surface area contributed by atoms with Crippen LogP contribution in [-0.4, -0.2) is 33.3 Å². The topological polar surface area (TPSA) is 85.8 Å². The zero-order valence-corrected chi connectivity index (χ0v) is 9.10. The van der Waals surface area contributed by atoms with Gasteiger partial charge in [0.25, 0.3) is 0 Å². The first kappa shape index (κ1) is 11.6. The molecule has 0 bridgehead atoms. The van der Waals surface area contributed by atoms with E-state index in [9.17, 15) is 4.79 Å². The molecule has 6 nitrogen and oxygen atoms in total. The number of aryl methyl sites for hydroxylation is 1. The Morgan fingerprint density at radius 2 is 2.47 bits per heavy atom. The van der Waals surface area contributed by atoms with E-state index < -0.39 is 6.04 Å². The molecule has 0 aliphatic heterocycles. The Morgan fingerprint density at radius 1 is 1.73 bits per heavy atom. The van der Waals surface area contributed by atoms with Crippen molar-refractivity contribution >= 4 is 5.91 Å². The zero-order valence-electron chi connectivity index (χ0n) is 9.10. The summed E-state index contributed by atoms with van der Waals surface area (Å²) in [6, 6.07) is -0.413. The summed E-state index contributed by atoms with van der Waals surface area (Å²) in [6.45, 7) is 2.42. The lowest BCUT2D eigenvalue weighted by Gasteiger charge is -2.09. The highest BCUT2D eigenvalue weighted by molar-refractivity contribution is 5.81. The summed E-state index contributed by atoms with van der Waals surface area (Å²) in [4.78, 5) is 11.3. The predicted octanol–water partition coefficient (Wildman–Crippen LogP) is -0.789. The Balaban J connectivity index is 2.28. The van der Waals surface area contributed by atoms with Gasteiger partial charge in [0.05, 0.1) is 6.04 Å². The largest absolute Gasteiger partial charge is 0.354 e. The fourth-order valence-corrected chi connectivity index (χ4v) is 1.15. The minimum absolute atomic E-state index is 0.111. The molecule has 0 fully saturated rings. The molecule has 0 aliphatic carbocycles. The molecule has 1 aromatic rings. The Morgan fingerprint density at radius 3 is 3.00 bits per heavy atom. The van der Waals surface area contributed by atoms with Gasteiger partial charge in [-0.05, 0) is 6.42 Å². The third-order valence-corrected chi connectivity index (χ3v) is 2.23. The van der Waals surface area contributed by atoms with E-state index >= 15 is 0 Å². The van der Waals surface area contributed by atoms with Gasteiger partial charge < -0.3 is 15.6 Å². The van der Waals surface area contributed by atoms with E-state index in [0.717, 1.165) is 5.82 Å². The van der Waals surface area contributed by atoms with Crippen molar-refractivity contribution in [2.24, 2.45) is 12.8 Å². The fraction of sp³-hybridized carbons (Fsp3) is 0.667. The Kier molecular flexibility index (Phi) is 4.23. The molecule has 1 heterocycles. The van der Waals surface area contributed by atoms with Gasteiger partial charge in [-0.3, -0.25) is 4.79 Å². The van der Waals surface area contributed by atoms with Gasteiger partial charge in [0.1, 0.15) is 12.2 Å². The summed E-state index contributed by atoms with van der Waals surface area (Å²) in [7, 11) is 1.87. The van der Waals surface area contributed by atoms with E-state index in [1.165, 1.54) is 0 Å². The van der Waals surface area contributed by atoms with Crippen LogP contribution < -0.4 is 11.1 Å². The van der Waals surface area contributed by atoms with Crippen LogP contribution in [0.25, 0.3) is 0 Å². The van der Waals surface area contributed by atoms with Crippen LogP contribution in [0, 0.1) is 0 Å². The summed E-state index contributed by atoms with van der Waals surface area (Å²) in [6.07, 6.45) is 2.95. The van der Waals surface area contributed by atoms with Crippen molar-refractivity contribution in [3.8, 4) is 0 Å². The highest BCUT2D eigenvalue weighted by Gasteiger charge is 2.10. The number of hydrogen-bond donors (Lipinski definition) is 2. The molecule has 0 spiro atoms.